The highest BCUT2D eigenvalue weighted by atomic mass is 35.5. The summed E-state index contributed by atoms with van der Waals surface area (Å²) >= 11 is 6.19. The lowest BCUT2D eigenvalue weighted by atomic mass is 9.80. The lowest BCUT2D eigenvalue weighted by molar-refractivity contribution is 0.0893. The maximum atomic E-state index is 13.1. The molecule has 1 aliphatic carbocycles. The largest absolute Gasteiger partial charge is 0.328 e. The number of benzene rings is 2. The zero-order chi connectivity index (χ0) is 21.3. The second kappa shape index (κ2) is 10.0. The summed E-state index contributed by atoms with van der Waals surface area (Å²) in [5, 5.41) is 4.28. The van der Waals surface area contributed by atoms with Gasteiger partial charge in [-0.3, -0.25) is 13.9 Å². The van der Waals surface area contributed by atoms with E-state index in [1.165, 1.54) is 0 Å². The summed E-state index contributed by atoms with van der Waals surface area (Å²) in [6, 6.07) is 11.9. The summed E-state index contributed by atoms with van der Waals surface area (Å²) in [4.78, 5) is 25.3. The molecule has 1 unspecified atom stereocenters. The molecule has 166 valence electrons. The Morgan fingerprint density at radius 1 is 1.06 bits per heavy atom. The number of ketones is 1. The van der Waals surface area contributed by atoms with Gasteiger partial charge in [0.05, 0.1) is 11.0 Å². The molecule has 0 fully saturated rings. The Bertz CT molecular complexity index is 1150. The summed E-state index contributed by atoms with van der Waals surface area (Å²) in [5.74, 6) is 0.298. The topological polar surface area (TPSA) is 56.0 Å². The molecule has 0 aliphatic heterocycles. The Morgan fingerprint density at radius 2 is 1.77 bits per heavy atom. The molecule has 1 atom stereocenters. The van der Waals surface area contributed by atoms with E-state index in [-0.39, 0.29) is 29.8 Å². The summed E-state index contributed by atoms with van der Waals surface area (Å²) in [7, 11) is 3.54. The molecule has 31 heavy (non-hydrogen) atoms. The zero-order valence-corrected chi connectivity index (χ0v) is 19.6. The van der Waals surface area contributed by atoms with Gasteiger partial charge in [0.2, 0.25) is 0 Å². The second-order valence-corrected chi connectivity index (χ2v) is 8.64. The van der Waals surface area contributed by atoms with Crippen molar-refractivity contribution >= 4 is 40.8 Å². The van der Waals surface area contributed by atoms with Crippen LogP contribution in [-0.4, -0.2) is 28.0 Å². The van der Waals surface area contributed by atoms with Gasteiger partial charge < -0.3 is 5.32 Å². The minimum absolute atomic E-state index is 0. The molecule has 0 spiro atoms. The molecule has 0 bridgehead atoms. The molecular formula is C24H29Cl2N3O2. The lowest BCUT2D eigenvalue weighted by Crippen LogP contribution is -2.25. The van der Waals surface area contributed by atoms with E-state index in [1.54, 1.807) is 23.2 Å². The van der Waals surface area contributed by atoms with Gasteiger partial charge in [-0.25, -0.2) is 4.79 Å². The first-order valence-electron chi connectivity index (χ1n) is 10.6. The molecule has 3 aromatic rings. The third kappa shape index (κ3) is 4.74. The van der Waals surface area contributed by atoms with Crippen LogP contribution < -0.4 is 11.0 Å². The van der Waals surface area contributed by atoms with Crippen molar-refractivity contribution in [1.82, 2.24) is 14.5 Å². The number of hydrogen-bond donors (Lipinski definition) is 1. The molecule has 0 radical (unpaired) electrons. The first kappa shape index (κ1) is 23.6. The molecule has 1 N–H and O–H groups in total. The van der Waals surface area contributed by atoms with E-state index >= 15 is 0 Å². The van der Waals surface area contributed by atoms with Crippen molar-refractivity contribution in [2.75, 3.05) is 13.1 Å². The predicted octanol–water partition coefficient (Wildman–Crippen LogP) is 4.31. The number of aryl methyl sites for hydroxylation is 3. The van der Waals surface area contributed by atoms with Crippen molar-refractivity contribution in [3.8, 4) is 0 Å². The van der Waals surface area contributed by atoms with Crippen LogP contribution in [0.1, 0.15) is 40.7 Å². The third-order valence-electron chi connectivity index (χ3n) is 6.33. The molecule has 1 aliphatic rings. The Hall–Kier alpha value is -2.08. The van der Waals surface area contributed by atoms with Crippen molar-refractivity contribution in [2.45, 2.75) is 32.1 Å². The van der Waals surface area contributed by atoms with Crippen LogP contribution in [0.5, 0.6) is 0 Å². The third-order valence-corrected chi connectivity index (χ3v) is 6.70. The Balaban J connectivity index is 0.00000272. The monoisotopic (exact) mass is 461 g/mol. The maximum Gasteiger partial charge on any atom is 0.328 e. The first-order valence-corrected chi connectivity index (χ1v) is 11.0. The number of nitrogens with zero attached hydrogens (tertiary/aromatic N) is 2. The number of rotatable bonds is 7. The van der Waals surface area contributed by atoms with Crippen molar-refractivity contribution < 1.29 is 4.79 Å². The van der Waals surface area contributed by atoms with Crippen LogP contribution in [0.15, 0.2) is 41.2 Å². The number of fused-ring (bicyclic) bond motifs is 2. The SMILES string of the molecule is Cl.Cn1c(=O)n(C)c2cc3c(cc21)CCC(CCCNCCc1ccccc1Cl)C3=O. The Kier molecular flexibility index (Phi) is 7.63. The first-order chi connectivity index (χ1) is 14.5. The minimum atomic E-state index is -0.0563. The maximum absolute atomic E-state index is 13.1. The Labute approximate surface area is 193 Å². The van der Waals surface area contributed by atoms with E-state index in [0.29, 0.717) is 0 Å². The van der Waals surface area contributed by atoms with Crippen molar-refractivity contribution in [1.29, 1.82) is 0 Å². The summed E-state index contributed by atoms with van der Waals surface area (Å²) in [6.07, 6.45) is 4.55. The standard InChI is InChI=1S/C24H28ClN3O2.ClH/c1-27-21-14-18-10-9-17(23(29)19(18)15-22(21)28(2)24(27)30)7-5-12-26-13-11-16-6-3-4-8-20(16)25;/h3-4,6,8,14-15,17,26H,5,7,9-13H2,1-2H3;1H. The van der Waals surface area contributed by atoms with Gasteiger partial charge in [0.25, 0.3) is 0 Å². The molecule has 0 amide bonds. The fraction of sp³-hybridized carbons (Fsp3) is 0.417. The fourth-order valence-electron chi connectivity index (χ4n) is 4.50. The quantitative estimate of drug-likeness (QED) is 0.533. The lowest BCUT2D eigenvalue weighted by Gasteiger charge is -2.23. The smallest absolute Gasteiger partial charge is 0.316 e. The highest BCUT2D eigenvalue weighted by Gasteiger charge is 2.28. The van der Waals surface area contributed by atoms with Crippen LogP contribution in [0.3, 0.4) is 0 Å². The van der Waals surface area contributed by atoms with Crippen molar-refractivity contribution in [3.05, 3.63) is 68.6 Å². The van der Waals surface area contributed by atoms with Crippen LogP contribution in [0, 0.1) is 5.92 Å². The van der Waals surface area contributed by atoms with Crippen LogP contribution in [0.2, 0.25) is 5.02 Å². The van der Waals surface area contributed by atoms with Gasteiger partial charge in [-0.15, -0.1) is 12.4 Å². The molecule has 0 saturated carbocycles. The number of halogens is 2. The molecule has 7 heteroatoms. The number of Topliss-reactive ketones (excluding diaryl/α,β-unsaturated/α-hetero) is 1. The van der Waals surface area contributed by atoms with E-state index in [4.69, 9.17) is 11.6 Å². The molecule has 1 heterocycles. The average molecular weight is 462 g/mol. The molecule has 2 aromatic carbocycles. The molecular weight excluding hydrogens is 433 g/mol. The number of carbonyl (C=O) groups excluding carboxylic acids is 1. The molecule has 4 rings (SSSR count). The minimum Gasteiger partial charge on any atom is -0.316 e. The van der Waals surface area contributed by atoms with Gasteiger partial charge in [-0.2, -0.15) is 0 Å². The van der Waals surface area contributed by atoms with Gasteiger partial charge in [0.15, 0.2) is 5.78 Å². The van der Waals surface area contributed by atoms with E-state index in [2.05, 4.69) is 11.4 Å². The van der Waals surface area contributed by atoms with Gasteiger partial charge in [-0.05, 0) is 74.5 Å². The second-order valence-electron chi connectivity index (χ2n) is 8.23. The molecule has 5 nitrogen and oxygen atoms in total. The normalized spacial score (nSPS) is 15.7. The number of hydrogen-bond acceptors (Lipinski definition) is 3. The highest BCUT2D eigenvalue weighted by Crippen LogP contribution is 2.31. The van der Waals surface area contributed by atoms with Gasteiger partial charge in [-0.1, -0.05) is 29.8 Å². The van der Waals surface area contributed by atoms with Crippen molar-refractivity contribution in [2.24, 2.45) is 20.0 Å². The van der Waals surface area contributed by atoms with Crippen LogP contribution in [-0.2, 0) is 26.9 Å². The van der Waals surface area contributed by atoms with E-state index < -0.39 is 0 Å². The number of carbonyl (C=O) groups is 1. The highest BCUT2D eigenvalue weighted by molar-refractivity contribution is 6.31. The summed E-state index contributed by atoms with van der Waals surface area (Å²) in [5.41, 5.74) is 4.70. The average Bonchev–Trinajstić information content (AvgIpc) is 2.96. The van der Waals surface area contributed by atoms with E-state index in [9.17, 15) is 9.59 Å². The van der Waals surface area contributed by atoms with Crippen LogP contribution in [0.25, 0.3) is 11.0 Å². The van der Waals surface area contributed by atoms with E-state index in [1.807, 2.05) is 30.3 Å². The van der Waals surface area contributed by atoms with E-state index in [0.717, 1.165) is 77.9 Å². The van der Waals surface area contributed by atoms with Crippen LogP contribution in [0.4, 0.5) is 0 Å². The number of aromatic nitrogens is 2. The Morgan fingerprint density at radius 3 is 2.52 bits per heavy atom. The number of imidazole rings is 1. The van der Waals surface area contributed by atoms with Gasteiger partial charge in [0.1, 0.15) is 0 Å². The molecule has 1 aromatic heterocycles. The fourth-order valence-corrected chi connectivity index (χ4v) is 4.73. The summed E-state index contributed by atoms with van der Waals surface area (Å²) in [6.45, 7) is 1.78. The van der Waals surface area contributed by atoms with Gasteiger partial charge >= 0.3 is 5.69 Å². The van der Waals surface area contributed by atoms with Crippen LogP contribution >= 0.6 is 24.0 Å². The number of nitrogens with one attached hydrogen (secondary N) is 1. The molecule has 0 saturated heterocycles. The zero-order valence-electron chi connectivity index (χ0n) is 18.0. The summed E-state index contributed by atoms with van der Waals surface area (Å²) < 4.78 is 3.27. The van der Waals surface area contributed by atoms with Gasteiger partial charge in [0, 0.05) is 30.6 Å². The van der Waals surface area contributed by atoms with Crippen molar-refractivity contribution in [3.63, 3.8) is 0 Å². The predicted molar refractivity (Wildman–Crippen MR) is 129 cm³/mol.